The number of benzene rings is 1. The number of hydrogen-bond acceptors (Lipinski definition) is 5. The van der Waals surface area contributed by atoms with Gasteiger partial charge in [0, 0.05) is 25.1 Å². The predicted molar refractivity (Wildman–Crippen MR) is 101 cm³/mol. The fourth-order valence-corrected chi connectivity index (χ4v) is 2.49. The summed E-state index contributed by atoms with van der Waals surface area (Å²) >= 11 is 0. The Morgan fingerprint density at radius 1 is 1.15 bits per heavy atom. The maximum atomic E-state index is 12.6. The second-order valence-electron chi connectivity index (χ2n) is 7.70. The summed E-state index contributed by atoms with van der Waals surface area (Å²) in [7, 11) is 4.03. The van der Waals surface area contributed by atoms with Crippen molar-refractivity contribution in [1.29, 1.82) is 0 Å². The van der Waals surface area contributed by atoms with E-state index in [1.165, 1.54) is 4.57 Å². The van der Waals surface area contributed by atoms with Crippen molar-refractivity contribution < 1.29 is 19.1 Å². The quantitative estimate of drug-likeness (QED) is 0.601. The van der Waals surface area contributed by atoms with E-state index in [2.05, 4.69) is 4.90 Å². The van der Waals surface area contributed by atoms with E-state index in [0.717, 1.165) is 29.4 Å². The Morgan fingerprint density at radius 2 is 1.81 bits per heavy atom. The first-order valence-electron chi connectivity index (χ1n) is 8.75. The summed E-state index contributed by atoms with van der Waals surface area (Å²) in [5.41, 5.74) is 1.20. The number of para-hydroxylation sites is 1. The second kappa shape index (κ2) is 7.91. The Morgan fingerprint density at radius 3 is 2.42 bits per heavy atom. The van der Waals surface area contributed by atoms with Crippen molar-refractivity contribution in [2.75, 3.05) is 20.6 Å². The first kappa shape index (κ1) is 20.0. The van der Waals surface area contributed by atoms with Crippen LogP contribution in [0.2, 0.25) is 0 Å². The molecule has 26 heavy (non-hydrogen) atoms. The number of ether oxygens (including phenoxy) is 2. The van der Waals surface area contributed by atoms with E-state index in [4.69, 9.17) is 9.47 Å². The predicted octanol–water partition coefficient (Wildman–Crippen LogP) is 3.67. The average molecular weight is 360 g/mol. The van der Waals surface area contributed by atoms with Gasteiger partial charge in [0.15, 0.2) is 0 Å². The van der Waals surface area contributed by atoms with Crippen molar-refractivity contribution in [2.24, 2.45) is 5.41 Å². The van der Waals surface area contributed by atoms with Gasteiger partial charge >= 0.3 is 12.1 Å². The lowest BCUT2D eigenvalue weighted by atomic mass is 9.97. The van der Waals surface area contributed by atoms with Gasteiger partial charge in [-0.2, -0.15) is 0 Å². The fraction of sp³-hybridized carbons (Fsp3) is 0.500. The Balaban J connectivity index is 2.18. The highest BCUT2D eigenvalue weighted by molar-refractivity contribution is 5.92. The van der Waals surface area contributed by atoms with Crippen LogP contribution in [0, 0.1) is 5.41 Å². The number of carbonyl (C=O) groups excluding carboxylic acids is 2. The highest BCUT2D eigenvalue weighted by atomic mass is 16.7. The lowest BCUT2D eigenvalue weighted by Crippen LogP contribution is -2.30. The molecular weight excluding hydrogens is 332 g/mol. The number of fused-ring (bicyclic) bond motifs is 1. The summed E-state index contributed by atoms with van der Waals surface area (Å²) < 4.78 is 12.0. The van der Waals surface area contributed by atoms with Crippen molar-refractivity contribution >= 4 is 23.0 Å². The molecule has 0 N–H and O–H groups in total. The van der Waals surface area contributed by atoms with Crippen molar-refractivity contribution in [2.45, 2.75) is 40.4 Å². The molecule has 1 atom stereocenters. The third-order valence-electron chi connectivity index (χ3n) is 3.97. The topological polar surface area (TPSA) is 60.8 Å². The molecule has 6 nitrogen and oxygen atoms in total. The lowest BCUT2D eigenvalue weighted by Gasteiger charge is -2.20. The van der Waals surface area contributed by atoms with E-state index in [9.17, 15) is 9.59 Å². The number of likely N-dealkylation sites (N-methyl/N-ethyl adjacent to an activating group) is 1. The van der Waals surface area contributed by atoms with Crippen LogP contribution in [0.5, 0.6) is 0 Å². The maximum absolute atomic E-state index is 12.6. The third-order valence-corrected chi connectivity index (χ3v) is 3.97. The van der Waals surface area contributed by atoms with Crippen LogP contribution in [0.15, 0.2) is 30.5 Å². The molecule has 0 aliphatic carbocycles. The van der Waals surface area contributed by atoms with E-state index in [-0.39, 0.29) is 0 Å². The first-order valence-corrected chi connectivity index (χ1v) is 8.75. The number of aromatic nitrogens is 1. The molecular formula is C20H28N2O4. The minimum atomic E-state index is -0.958. The van der Waals surface area contributed by atoms with Crippen LogP contribution in [-0.4, -0.2) is 48.5 Å². The molecule has 0 saturated heterocycles. The molecule has 2 aromatic rings. The number of rotatable bonds is 5. The normalized spacial score (nSPS) is 13.0. The molecule has 6 heteroatoms. The van der Waals surface area contributed by atoms with Gasteiger partial charge in [-0.25, -0.2) is 4.79 Å². The van der Waals surface area contributed by atoms with Crippen LogP contribution in [-0.2, 0) is 20.7 Å². The van der Waals surface area contributed by atoms with E-state index in [1.807, 2.05) is 38.4 Å². The molecule has 1 heterocycles. The van der Waals surface area contributed by atoms with Gasteiger partial charge in [-0.3, -0.25) is 9.36 Å². The van der Waals surface area contributed by atoms with Gasteiger partial charge in [-0.15, -0.1) is 0 Å². The Bertz CT molecular complexity index is 787. The van der Waals surface area contributed by atoms with E-state index >= 15 is 0 Å². The number of nitrogens with zero attached hydrogens (tertiary/aromatic N) is 2. The number of esters is 1. The molecule has 142 valence electrons. The highest BCUT2D eigenvalue weighted by Gasteiger charge is 2.26. The second-order valence-corrected chi connectivity index (χ2v) is 7.70. The molecule has 1 aromatic carbocycles. The van der Waals surface area contributed by atoms with Crippen LogP contribution in [0.3, 0.4) is 0 Å². The molecule has 0 amide bonds. The minimum Gasteiger partial charge on any atom is -0.425 e. The zero-order valence-corrected chi connectivity index (χ0v) is 16.4. The summed E-state index contributed by atoms with van der Waals surface area (Å²) in [6.45, 7) is 7.67. The summed E-state index contributed by atoms with van der Waals surface area (Å²) in [6.07, 6.45) is 1.10. The summed E-state index contributed by atoms with van der Waals surface area (Å²) in [6, 6.07) is 7.70. The van der Waals surface area contributed by atoms with Crippen molar-refractivity contribution in [1.82, 2.24) is 9.47 Å². The van der Waals surface area contributed by atoms with Gasteiger partial charge in [0.05, 0.1) is 10.9 Å². The van der Waals surface area contributed by atoms with Crippen molar-refractivity contribution in [3.05, 3.63) is 36.0 Å². The molecule has 0 saturated carbocycles. The zero-order chi connectivity index (χ0) is 19.5. The molecule has 1 aromatic heterocycles. The summed E-state index contributed by atoms with van der Waals surface area (Å²) in [4.78, 5) is 26.6. The molecule has 0 aliphatic heterocycles. The van der Waals surface area contributed by atoms with Gasteiger partial charge in [0.2, 0.25) is 6.29 Å². The largest absolute Gasteiger partial charge is 0.425 e. The third kappa shape index (κ3) is 4.85. The highest BCUT2D eigenvalue weighted by Crippen LogP contribution is 2.23. The number of hydrogen-bond donors (Lipinski definition) is 0. The minimum absolute atomic E-state index is 0.415. The fourth-order valence-electron chi connectivity index (χ4n) is 2.49. The van der Waals surface area contributed by atoms with E-state index in [0.29, 0.717) is 0 Å². The lowest BCUT2D eigenvalue weighted by molar-refractivity contribution is -0.174. The molecule has 1 unspecified atom stereocenters. The standard InChI is InChI=1S/C20H28N2O4/c1-14(25-18(23)20(2,3)4)26-19(24)22-13-15(11-12-21(5)6)16-9-7-8-10-17(16)22/h7-10,13-14H,11-12H2,1-6H3. The van der Waals surface area contributed by atoms with Crippen molar-refractivity contribution in [3.63, 3.8) is 0 Å². The van der Waals surface area contributed by atoms with Crippen LogP contribution in [0.4, 0.5) is 4.79 Å². The summed E-state index contributed by atoms with van der Waals surface area (Å²) in [5, 5.41) is 1.02. The Hall–Kier alpha value is -2.34. The SMILES string of the molecule is CC(OC(=O)n1cc(CCN(C)C)c2ccccc21)OC(=O)C(C)(C)C. The molecule has 0 radical (unpaired) electrons. The van der Waals surface area contributed by atoms with Gasteiger partial charge in [0.25, 0.3) is 0 Å². The maximum Gasteiger partial charge on any atom is 0.421 e. The monoisotopic (exact) mass is 360 g/mol. The summed E-state index contributed by atoms with van der Waals surface area (Å²) in [5.74, 6) is -0.415. The van der Waals surface area contributed by atoms with Crippen LogP contribution in [0.1, 0.15) is 33.3 Å². The Labute approximate surface area is 154 Å². The van der Waals surface area contributed by atoms with Crippen LogP contribution < -0.4 is 0 Å². The van der Waals surface area contributed by atoms with Gasteiger partial charge in [-0.05, 0) is 52.9 Å². The van der Waals surface area contributed by atoms with Gasteiger partial charge < -0.3 is 14.4 Å². The molecule has 0 aliphatic rings. The smallest absolute Gasteiger partial charge is 0.421 e. The first-order chi connectivity index (χ1) is 12.1. The number of carbonyl (C=O) groups is 2. The van der Waals surface area contributed by atoms with Crippen molar-refractivity contribution in [3.8, 4) is 0 Å². The molecule has 0 fully saturated rings. The molecule has 2 rings (SSSR count). The average Bonchev–Trinajstić information content (AvgIpc) is 2.90. The zero-order valence-electron chi connectivity index (χ0n) is 16.4. The van der Waals surface area contributed by atoms with E-state index in [1.54, 1.807) is 33.9 Å². The molecule has 0 bridgehead atoms. The van der Waals surface area contributed by atoms with Gasteiger partial charge in [0.1, 0.15) is 0 Å². The van der Waals surface area contributed by atoms with Crippen LogP contribution >= 0.6 is 0 Å². The van der Waals surface area contributed by atoms with E-state index < -0.39 is 23.8 Å². The Kier molecular flexibility index (Phi) is 6.08. The molecule has 0 spiro atoms. The van der Waals surface area contributed by atoms with Gasteiger partial charge in [-0.1, -0.05) is 18.2 Å². The van der Waals surface area contributed by atoms with Crippen LogP contribution in [0.25, 0.3) is 10.9 Å².